The molecule has 0 spiro atoms. The predicted molar refractivity (Wildman–Crippen MR) is 109 cm³/mol. The highest BCUT2D eigenvalue weighted by Crippen LogP contribution is 2.20. The molecule has 0 radical (unpaired) electrons. The molecular formula is C21H31N5O. The average molecular weight is 370 g/mol. The molecule has 1 atom stereocenters. The average Bonchev–Trinajstić information content (AvgIpc) is 3.17. The van der Waals surface area contributed by atoms with Crippen molar-refractivity contribution in [2.24, 2.45) is 4.99 Å². The van der Waals surface area contributed by atoms with Crippen molar-refractivity contribution in [3.05, 3.63) is 52.9 Å². The fourth-order valence-electron chi connectivity index (χ4n) is 3.34. The molecular weight excluding hydrogens is 338 g/mol. The lowest BCUT2D eigenvalue weighted by atomic mass is 9.99. The molecule has 27 heavy (non-hydrogen) atoms. The number of rotatable bonds is 6. The Balaban J connectivity index is 1.46. The SMILES string of the molecule is CN=C(NCc1cc(C(C)C)no1)NCC(C)N1CCc2ccccc2C1. The van der Waals surface area contributed by atoms with Crippen LogP contribution in [0.4, 0.5) is 0 Å². The molecule has 6 nitrogen and oxygen atoms in total. The third-order valence-electron chi connectivity index (χ3n) is 5.17. The summed E-state index contributed by atoms with van der Waals surface area (Å²) in [5.41, 5.74) is 3.91. The number of aliphatic imine (C=N–C) groups is 1. The van der Waals surface area contributed by atoms with Gasteiger partial charge in [-0.15, -0.1) is 0 Å². The van der Waals surface area contributed by atoms with Crippen LogP contribution in [0.15, 0.2) is 39.8 Å². The third kappa shape index (κ3) is 5.10. The first-order chi connectivity index (χ1) is 13.1. The van der Waals surface area contributed by atoms with Crippen molar-refractivity contribution in [3.63, 3.8) is 0 Å². The van der Waals surface area contributed by atoms with Gasteiger partial charge in [-0.1, -0.05) is 43.3 Å². The normalized spacial score (nSPS) is 16.3. The van der Waals surface area contributed by atoms with Crippen molar-refractivity contribution >= 4 is 5.96 Å². The van der Waals surface area contributed by atoms with Gasteiger partial charge in [0, 0.05) is 38.8 Å². The van der Waals surface area contributed by atoms with Crippen molar-refractivity contribution in [2.75, 3.05) is 20.1 Å². The summed E-state index contributed by atoms with van der Waals surface area (Å²) in [6.07, 6.45) is 1.12. The highest BCUT2D eigenvalue weighted by molar-refractivity contribution is 5.79. The van der Waals surface area contributed by atoms with E-state index in [0.717, 1.165) is 43.5 Å². The molecule has 3 rings (SSSR count). The Labute approximate surface area is 162 Å². The Bertz CT molecular complexity index is 767. The first kappa shape index (κ1) is 19.4. The van der Waals surface area contributed by atoms with Crippen LogP contribution in [0.25, 0.3) is 0 Å². The lowest BCUT2D eigenvalue weighted by Gasteiger charge is -2.34. The van der Waals surface area contributed by atoms with E-state index >= 15 is 0 Å². The lowest BCUT2D eigenvalue weighted by Crippen LogP contribution is -2.47. The zero-order chi connectivity index (χ0) is 19.2. The van der Waals surface area contributed by atoms with Crippen molar-refractivity contribution in [2.45, 2.75) is 52.2 Å². The van der Waals surface area contributed by atoms with E-state index in [1.165, 1.54) is 11.1 Å². The van der Waals surface area contributed by atoms with Gasteiger partial charge in [-0.25, -0.2) is 0 Å². The molecule has 1 aromatic heterocycles. The second kappa shape index (κ2) is 9.04. The molecule has 0 saturated heterocycles. The van der Waals surface area contributed by atoms with Crippen molar-refractivity contribution in [3.8, 4) is 0 Å². The molecule has 146 valence electrons. The quantitative estimate of drug-likeness (QED) is 0.605. The highest BCUT2D eigenvalue weighted by Gasteiger charge is 2.20. The molecule has 0 aliphatic carbocycles. The number of benzene rings is 1. The van der Waals surface area contributed by atoms with E-state index < -0.39 is 0 Å². The summed E-state index contributed by atoms with van der Waals surface area (Å²) < 4.78 is 5.37. The summed E-state index contributed by atoms with van der Waals surface area (Å²) in [4.78, 5) is 6.83. The monoisotopic (exact) mass is 369 g/mol. The van der Waals surface area contributed by atoms with Gasteiger partial charge < -0.3 is 15.2 Å². The van der Waals surface area contributed by atoms with Gasteiger partial charge in [0.2, 0.25) is 0 Å². The predicted octanol–water partition coefficient (Wildman–Crippen LogP) is 2.91. The molecule has 0 saturated carbocycles. The van der Waals surface area contributed by atoms with Gasteiger partial charge in [-0.05, 0) is 30.4 Å². The number of nitrogens with zero attached hydrogens (tertiary/aromatic N) is 3. The van der Waals surface area contributed by atoms with E-state index in [9.17, 15) is 0 Å². The van der Waals surface area contributed by atoms with Crippen LogP contribution in [0.1, 0.15) is 49.3 Å². The second-order valence-corrected chi connectivity index (χ2v) is 7.52. The maximum Gasteiger partial charge on any atom is 0.191 e. The molecule has 1 unspecified atom stereocenters. The highest BCUT2D eigenvalue weighted by atomic mass is 16.5. The van der Waals surface area contributed by atoms with Crippen LogP contribution in [-0.2, 0) is 19.5 Å². The largest absolute Gasteiger partial charge is 0.359 e. The Morgan fingerprint density at radius 1 is 1.22 bits per heavy atom. The van der Waals surface area contributed by atoms with Gasteiger partial charge in [-0.2, -0.15) is 0 Å². The van der Waals surface area contributed by atoms with Gasteiger partial charge in [0.25, 0.3) is 0 Å². The molecule has 1 aliphatic rings. The first-order valence-corrected chi connectivity index (χ1v) is 9.77. The molecule has 1 aromatic carbocycles. The maximum atomic E-state index is 5.37. The van der Waals surface area contributed by atoms with Crippen molar-refractivity contribution in [1.82, 2.24) is 20.7 Å². The van der Waals surface area contributed by atoms with E-state index in [1.807, 2.05) is 6.07 Å². The van der Waals surface area contributed by atoms with Gasteiger partial charge >= 0.3 is 0 Å². The first-order valence-electron chi connectivity index (χ1n) is 9.77. The van der Waals surface area contributed by atoms with E-state index in [4.69, 9.17) is 4.52 Å². The molecule has 0 bridgehead atoms. The number of hydrogen-bond donors (Lipinski definition) is 2. The second-order valence-electron chi connectivity index (χ2n) is 7.52. The van der Waals surface area contributed by atoms with Gasteiger partial charge in [0.15, 0.2) is 11.7 Å². The molecule has 1 aliphatic heterocycles. The molecule has 6 heteroatoms. The van der Waals surface area contributed by atoms with E-state index in [1.54, 1.807) is 7.05 Å². The van der Waals surface area contributed by atoms with E-state index in [-0.39, 0.29) is 0 Å². The zero-order valence-electron chi connectivity index (χ0n) is 16.8. The van der Waals surface area contributed by atoms with Crippen LogP contribution in [-0.4, -0.2) is 42.2 Å². The summed E-state index contributed by atoms with van der Waals surface area (Å²) in [7, 11) is 1.79. The number of hydrogen-bond acceptors (Lipinski definition) is 4. The Hall–Kier alpha value is -2.34. The molecule has 0 amide bonds. The van der Waals surface area contributed by atoms with Crippen LogP contribution in [0, 0.1) is 0 Å². The summed E-state index contributed by atoms with van der Waals surface area (Å²) in [6, 6.07) is 11.2. The number of fused-ring (bicyclic) bond motifs is 1. The van der Waals surface area contributed by atoms with E-state index in [0.29, 0.717) is 18.5 Å². The summed E-state index contributed by atoms with van der Waals surface area (Å²) in [6.45, 7) is 10.0. The minimum absolute atomic E-state index is 0.371. The van der Waals surface area contributed by atoms with Gasteiger partial charge in [-0.3, -0.25) is 9.89 Å². The number of guanidine groups is 1. The standard InChI is InChI=1S/C21H31N5O/c1-15(2)20-11-19(27-25-20)13-24-21(22-4)23-12-16(3)26-10-9-17-7-5-6-8-18(17)14-26/h5-8,11,15-16H,9-10,12-14H2,1-4H3,(H2,22,23,24). The zero-order valence-corrected chi connectivity index (χ0v) is 16.8. The lowest BCUT2D eigenvalue weighted by molar-refractivity contribution is 0.191. The van der Waals surface area contributed by atoms with Crippen LogP contribution < -0.4 is 10.6 Å². The van der Waals surface area contributed by atoms with Crippen LogP contribution in [0.2, 0.25) is 0 Å². The Kier molecular flexibility index (Phi) is 6.50. The van der Waals surface area contributed by atoms with Gasteiger partial charge in [0.1, 0.15) is 0 Å². The summed E-state index contributed by atoms with van der Waals surface area (Å²) in [5.74, 6) is 1.97. The van der Waals surface area contributed by atoms with Crippen molar-refractivity contribution in [1.29, 1.82) is 0 Å². The molecule has 2 N–H and O–H groups in total. The molecule has 2 aromatic rings. The molecule has 0 fully saturated rings. The minimum Gasteiger partial charge on any atom is -0.359 e. The number of aromatic nitrogens is 1. The van der Waals surface area contributed by atoms with Crippen LogP contribution in [0.3, 0.4) is 0 Å². The maximum absolute atomic E-state index is 5.37. The minimum atomic E-state index is 0.371. The topological polar surface area (TPSA) is 65.7 Å². The Morgan fingerprint density at radius 3 is 2.70 bits per heavy atom. The Morgan fingerprint density at radius 2 is 2.00 bits per heavy atom. The fraction of sp³-hybridized carbons (Fsp3) is 0.524. The molecule has 2 heterocycles. The summed E-state index contributed by atoms with van der Waals surface area (Å²) >= 11 is 0. The number of nitrogens with one attached hydrogen (secondary N) is 2. The van der Waals surface area contributed by atoms with E-state index in [2.05, 4.69) is 70.7 Å². The van der Waals surface area contributed by atoms with Crippen LogP contribution in [0.5, 0.6) is 0 Å². The van der Waals surface area contributed by atoms with Crippen molar-refractivity contribution < 1.29 is 4.52 Å². The van der Waals surface area contributed by atoms with Crippen LogP contribution >= 0.6 is 0 Å². The summed E-state index contributed by atoms with van der Waals surface area (Å²) in [5, 5.41) is 10.8. The van der Waals surface area contributed by atoms with Gasteiger partial charge in [0.05, 0.1) is 12.2 Å². The fourth-order valence-corrected chi connectivity index (χ4v) is 3.34. The smallest absolute Gasteiger partial charge is 0.191 e. The third-order valence-corrected chi connectivity index (χ3v) is 5.17.